The summed E-state index contributed by atoms with van der Waals surface area (Å²) in [6.07, 6.45) is 0. The second-order valence-corrected chi connectivity index (χ2v) is 9.76. The minimum Gasteiger partial charge on any atom is -0.497 e. The number of ether oxygens (including phenoxy) is 1. The van der Waals surface area contributed by atoms with E-state index in [2.05, 4.69) is 43.2 Å². The van der Waals surface area contributed by atoms with Gasteiger partial charge < -0.3 is 4.74 Å². The lowest BCUT2D eigenvalue weighted by Gasteiger charge is -2.17. The molecule has 0 spiro atoms. The highest BCUT2D eigenvalue weighted by molar-refractivity contribution is 14.1. The summed E-state index contributed by atoms with van der Waals surface area (Å²) in [6.45, 7) is 4.51. The van der Waals surface area contributed by atoms with Crippen LogP contribution >= 0.6 is 22.6 Å². The first-order valence-corrected chi connectivity index (χ1v) is 12.3. The van der Waals surface area contributed by atoms with Crippen molar-refractivity contribution in [1.29, 1.82) is 0 Å². The second kappa shape index (κ2) is 9.57. The molecule has 0 fully saturated rings. The van der Waals surface area contributed by atoms with Crippen LogP contribution < -0.4 is 4.74 Å². The lowest BCUT2D eigenvalue weighted by atomic mass is 10.0. The van der Waals surface area contributed by atoms with Crippen molar-refractivity contribution < 1.29 is 13.5 Å². The zero-order chi connectivity index (χ0) is 25.4. The zero-order valence-corrected chi connectivity index (χ0v) is 22.1. The molecular formula is C26H23F2IN6O. The SMILES string of the molecule is COc1ccc(Cn2nnnc2C(F)(F)c2ccc3c(C)nn(Cc4c(C)cccc4I)c3c2)cc1. The van der Waals surface area contributed by atoms with Gasteiger partial charge in [-0.2, -0.15) is 13.9 Å². The summed E-state index contributed by atoms with van der Waals surface area (Å²) in [5.41, 5.74) is 4.25. The standard InChI is InChI=1S/C26H23F2IN6O/c1-16-5-4-6-23(29)22(16)15-34-24-13-19(9-12-21(24)17(2)31-34)26(27,28)25-30-32-33-35(25)14-18-7-10-20(36-3)11-8-18/h4-13H,14-15H2,1-3H3. The Morgan fingerprint density at radius 1 is 0.972 bits per heavy atom. The van der Waals surface area contributed by atoms with Gasteiger partial charge in [0.05, 0.1) is 31.4 Å². The maximum atomic E-state index is 15.8. The zero-order valence-electron chi connectivity index (χ0n) is 19.9. The Hall–Kier alpha value is -3.41. The number of hydrogen-bond donors (Lipinski definition) is 0. The van der Waals surface area contributed by atoms with Crippen molar-refractivity contribution in [2.75, 3.05) is 7.11 Å². The number of aryl methyl sites for hydroxylation is 2. The quantitative estimate of drug-likeness (QED) is 0.231. The summed E-state index contributed by atoms with van der Waals surface area (Å²) in [6, 6.07) is 17.8. The molecule has 0 atom stereocenters. The van der Waals surface area contributed by atoms with Gasteiger partial charge in [0.1, 0.15) is 5.75 Å². The molecule has 0 amide bonds. The molecule has 3 aromatic carbocycles. The lowest BCUT2D eigenvalue weighted by Crippen LogP contribution is -2.23. The minimum atomic E-state index is -3.41. The normalized spacial score (nSPS) is 11.8. The van der Waals surface area contributed by atoms with Crippen LogP contribution in [0.4, 0.5) is 8.78 Å². The smallest absolute Gasteiger partial charge is 0.333 e. The lowest BCUT2D eigenvalue weighted by molar-refractivity contribution is 0.0281. The first kappa shape index (κ1) is 24.3. The third kappa shape index (κ3) is 4.45. The predicted molar refractivity (Wildman–Crippen MR) is 140 cm³/mol. The molecule has 0 unspecified atom stereocenters. The van der Waals surface area contributed by atoms with Crippen molar-refractivity contribution in [1.82, 2.24) is 30.0 Å². The van der Waals surface area contributed by atoms with Gasteiger partial charge in [-0.3, -0.25) is 4.68 Å². The van der Waals surface area contributed by atoms with Crippen LogP contribution in [0, 0.1) is 17.4 Å². The van der Waals surface area contributed by atoms with Crippen LogP contribution in [0.3, 0.4) is 0 Å². The summed E-state index contributed by atoms with van der Waals surface area (Å²) in [4.78, 5) is 0. The molecule has 36 heavy (non-hydrogen) atoms. The van der Waals surface area contributed by atoms with Gasteiger partial charge in [-0.1, -0.05) is 36.4 Å². The first-order chi connectivity index (χ1) is 17.3. The minimum absolute atomic E-state index is 0.104. The third-order valence-corrected chi connectivity index (χ3v) is 7.27. The Kier molecular flexibility index (Phi) is 6.45. The largest absolute Gasteiger partial charge is 0.497 e. The Morgan fingerprint density at radius 2 is 1.75 bits per heavy atom. The number of benzene rings is 3. The van der Waals surface area contributed by atoms with E-state index < -0.39 is 11.7 Å². The first-order valence-electron chi connectivity index (χ1n) is 11.3. The number of halogens is 3. The molecule has 2 heterocycles. The highest BCUT2D eigenvalue weighted by atomic mass is 127. The number of hydrogen-bond acceptors (Lipinski definition) is 5. The van der Waals surface area contributed by atoms with E-state index in [1.807, 2.05) is 32.0 Å². The van der Waals surface area contributed by atoms with Crippen molar-refractivity contribution in [3.63, 3.8) is 0 Å². The van der Waals surface area contributed by atoms with E-state index in [1.165, 1.54) is 12.1 Å². The number of rotatable bonds is 7. The van der Waals surface area contributed by atoms with E-state index in [4.69, 9.17) is 4.74 Å². The molecule has 0 aliphatic heterocycles. The number of nitrogens with zero attached hydrogens (tertiary/aromatic N) is 6. The Morgan fingerprint density at radius 3 is 2.47 bits per heavy atom. The summed E-state index contributed by atoms with van der Waals surface area (Å²) in [7, 11) is 1.57. The molecule has 7 nitrogen and oxygen atoms in total. The predicted octanol–water partition coefficient (Wildman–Crippen LogP) is 5.49. The number of alkyl halides is 2. The van der Waals surface area contributed by atoms with Crippen molar-refractivity contribution in [3.05, 3.63) is 98.0 Å². The van der Waals surface area contributed by atoms with E-state index in [1.54, 1.807) is 42.1 Å². The average molecular weight is 600 g/mol. The number of methoxy groups -OCH3 is 1. The fourth-order valence-corrected chi connectivity index (χ4v) is 5.04. The van der Waals surface area contributed by atoms with Crippen molar-refractivity contribution >= 4 is 33.5 Å². The van der Waals surface area contributed by atoms with Crippen LogP contribution in [0.15, 0.2) is 60.7 Å². The fourth-order valence-electron chi connectivity index (χ4n) is 4.24. The van der Waals surface area contributed by atoms with Crippen molar-refractivity contribution in [2.45, 2.75) is 32.9 Å². The van der Waals surface area contributed by atoms with Gasteiger partial charge in [-0.15, -0.1) is 5.10 Å². The summed E-state index contributed by atoms with van der Waals surface area (Å²) < 4.78 is 40.8. The Balaban J connectivity index is 1.51. The van der Waals surface area contributed by atoms with E-state index in [0.29, 0.717) is 17.8 Å². The molecule has 10 heteroatoms. The molecule has 0 N–H and O–H groups in total. The van der Waals surface area contributed by atoms with Gasteiger partial charge in [0, 0.05) is 14.5 Å². The number of tetrazole rings is 1. The second-order valence-electron chi connectivity index (χ2n) is 8.59. The third-order valence-electron chi connectivity index (χ3n) is 6.26. The van der Waals surface area contributed by atoms with E-state index >= 15 is 8.78 Å². The Labute approximate surface area is 220 Å². The molecule has 5 rings (SSSR count). The summed E-state index contributed by atoms with van der Waals surface area (Å²) >= 11 is 2.29. The Bertz CT molecular complexity index is 1520. The van der Waals surface area contributed by atoms with Crippen molar-refractivity contribution in [2.24, 2.45) is 0 Å². The van der Waals surface area contributed by atoms with E-state index in [0.717, 1.165) is 36.0 Å². The molecule has 5 aromatic rings. The van der Waals surface area contributed by atoms with E-state index in [9.17, 15) is 0 Å². The number of aromatic nitrogens is 6. The highest BCUT2D eigenvalue weighted by Gasteiger charge is 2.40. The van der Waals surface area contributed by atoms with Crippen LogP contribution in [-0.2, 0) is 19.0 Å². The maximum Gasteiger partial charge on any atom is 0.333 e. The van der Waals surface area contributed by atoms with Gasteiger partial charge >= 0.3 is 5.92 Å². The van der Waals surface area contributed by atoms with Crippen LogP contribution in [0.1, 0.15) is 33.8 Å². The molecule has 0 radical (unpaired) electrons. The van der Waals surface area contributed by atoms with Gasteiger partial charge in [0.2, 0.25) is 5.82 Å². The average Bonchev–Trinajstić information content (AvgIpc) is 3.46. The van der Waals surface area contributed by atoms with Gasteiger partial charge in [-0.25, -0.2) is 4.68 Å². The summed E-state index contributed by atoms with van der Waals surface area (Å²) in [5.74, 6) is -3.25. The molecule has 0 saturated heterocycles. The molecule has 2 aromatic heterocycles. The van der Waals surface area contributed by atoms with Crippen LogP contribution in [-0.4, -0.2) is 37.1 Å². The molecule has 0 aliphatic rings. The van der Waals surface area contributed by atoms with Gasteiger partial charge in [0.25, 0.3) is 0 Å². The molecule has 184 valence electrons. The molecular weight excluding hydrogens is 577 g/mol. The van der Waals surface area contributed by atoms with Gasteiger partial charge in [0.15, 0.2) is 0 Å². The highest BCUT2D eigenvalue weighted by Crippen LogP contribution is 2.36. The topological polar surface area (TPSA) is 70.7 Å². The van der Waals surface area contributed by atoms with Crippen LogP contribution in [0.25, 0.3) is 10.9 Å². The monoisotopic (exact) mass is 600 g/mol. The van der Waals surface area contributed by atoms with Crippen LogP contribution in [0.2, 0.25) is 0 Å². The van der Waals surface area contributed by atoms with Gasteiger partial charge in [-0.05, 0) is 87.8 Å². The maximum absolute atomic E-state index is 15.8. The summed E-state index contributed by atoms with van der Waals surface area (Å²) in [5, 5.41) is 16.6. The molecule has 0 aliphatic carbocycles. The van der Waals surface area contributed by atoms with E-state index in [-0.39, 0.29) is 12.1 Å². The molecule has 0 saturated carbocycles. The van der Waals surface area contributed by atoms with Crippen molar-refractivity contribution in [3.8, 4) is 5.75 Å². The number of fused-ring (bicyclic) bond motifs is 1. The fraction of sp³-hybridized carbons (Fsp3) is 0.231. The molecule has 0 bridgehead atoms. The van der Waals surface area contributed by atoms with Crippen LogP contribution in [0.5, 0.6) is 5.75 Å².